The van der Waals surface area contributed by atoms with E-state index in [2.05, 4.69) is 4.98 Å². The Morgan fingerprint density at radius 2 is 2.00 bits per heavy atom. The molecule has 80 valence electrons. The summed E-state index contributed by atoms with van der Waals surface area (Å²) in [6, 6.07) is 12.1. The maximum atomic E-state index is 8.93. The van der Waals surface area contributed by atoms with Gasteiger partial charge >= 0.3 is 0 Å². The molecule has 1 heterocycles. The molecule has 0 amide bonds. The molecule has 1 aromatic carbocycles. The lowest BCUT2D eigenvalue weighted by Gasteiger charge is -2.06. The minimum absolute atomic E-state index is 0.361. The van der Waals surface area contributed by atoms with E-state index in [4.69, 9.17) is 15.3 Å². The summed E-state index contributed by atoms with van der Waals surface area (Å²) in [5, 5.41) is 17.7. The molecule has 0 spiro atoms. The zero-order valence-electron chi connectivity index (χ0n) is 8.79. The third-order valence-electron chi connectivity index (χ3n) is 2.09. The maximum absolute atomic E-state index is 8.93. The molecule has 0 aliphatic heterocycles. The second-order valence-electron chi connectivity index (χ2n) is 3.23. The molecular formula is C13H7N3O. The molecule has 4 heteroatoms. The van der Waals surface area contributed by atoms with Crippen molar-refractivity contribution in [3.05, 3.63) is 53.9 Å². The van der Waals surface area contributed by atoms with Gasteiger partial charge in [-0.15, -0.1) is 0 Å². The Labute approximate surface area is 98.3 Å². The molecule has 0 unspecified atom stereocenters. The molecule has 0 bridgehead atoms. The minimum Gasteiger partial charge on any atom is -0.454 e. The van der Waals surface area contributed by atoms with Crippen LogP contribution in [-0.2, 0) is 0 Å². The molecule has 4 nitrogen and oxygen atoms in total. The van der Waals surface area contributed by atoms with Crippen molar-refractivity contribution in [2.24, 2.45) is 0 Å². The predicted octanol–water partition coefficient (Wildman–Crippen LogP) is 2.62. The van der Waals surface area contributed by atoms with Gasteiger partial charge in [-0.05, 0) is 30.3 Å². The summed E-state index contributed by atoms with van der Waals surface area (Å²) < 4.78 is 5.51. The highest BCUT2D eigenvalue weighted by Crippen LogP contribution is 2.25. The zero-order valence-corrected chi connectivity index (χ0v) is 8.79. The van der Waals surface area contributed by atoms with Gasteiger partial charge in [-0.2, -0.15) is 10.5 Å². The Kier molecular flexibility index (Phi) is 3.00. The Morgan fingerprint density at radius 3 is 2.65 bits per heavy atom. The van der Waals surface area contributed by atoms with Crippen LogP contribution in [0.4, 0.5) is 0 Å². The van der Waals surface area contributed by atoms with Crippen LogP contribution < -0.4 is 4.74 Å². The first-order valence-electron chi connectivity index (χ1n) is 4.85. The fourth-order valence-electron chi connectivity index (χ4n) is 1.30. The molecule has 17 heavy (non-hydrogen) atoms. The van der Waals surface area contributed by atoms with Gasteiger partial charge in [0.25, 0.3) is 0 Å². The highest BCUT2D eigenvalue weighted by molar-refractivity contribution is 5.49. The van der Waals surface area contributed by atoms with Gasteiger partial charge in [0.05, 0.1) is 23.4 Å². The van der Waals surface area contributed by atoms with Gasteiger partial charge in [0.15, 0.2) is 0 Å². The number of nitrogens with zero attached hydrogens (tertiary/aromatic N) is 3. The van der Waals surface area contributed by atoms with Gasteiger partial charge < -0.3 is 4.74 Å². The summed E-state index contributed by atoms with van der Waals surface area (Å²) in [7, 11) is 0. The molecule has 0 aliphatic carbocycles. The lowest BCUT2D eigenvalue weighted by atomic mass is 10.1. The summed E-state index contributed by atoms with van der Waals surface area (Å²) in [4.78, 5) is 3.91. The van der Waals surface area contributed by atoms with Crippen LogP contribution in [0.2, 0.25) is 0 Å². The van der Waals surface area contributed by atoms with Crippen LogP contribution >= 0.6 is 0 Å². The number of hydrogen-bond acceptors (Lipinski definition) is 4. The fraction of sp³-hybridized carbons (Fsp3) is 0. The van der Waals surface area contributed by atoms with Crippen molar-refractivity contribution in [1.29, 1.82) is 10.5 Å². The fourth-order valence-corrected chi connectivity index (χ4v) is 1.30. The van der Waals surface area contributed by atoms with E-state index in [0.29, 0.717) is 22.6 Å². The van der Waals surface area contributed by atoms with E-state index in [-0.39, 0.29) is 0 Å². The van der Waals surface area contributed by atoms with Crippen LogP contribution in [0.25, 0.3) is 0 Å². The van der Waals surface area contributed by atoms with Crippen LogP contribution in [-0.4, -0.2) is 4.98 Å². The Balaban J connectivity index is 2.39. The zero-order chi connectivity index (χ0) is 12.1. The van der Waals surface area contributed by atoms with E-state index >= 15 is 0 Å². The molecule has 0 aliphatic rings. The number of nitriles is 2. The number of rotatable bonds is 2. The molecule has 0 fully saturated rings. The van der Waals surface area contributed by atoms with Crippen molar-refractivity contribution in [3.8, 4) is 23.6 Å². The highest BCUT2D eigenvalue weighted by Gasteiger charge is 2.06. The first kappa shape index (κ1) is 10.7. The topological polar surface area (TPSA) is 69.7 Å². The number of aromatic nitrogens is 1. The number of hydrogen-bond donors (Lipinski definition) is 0. The van der Waals surface area contributed by atoms with Crippen molar-refractivity contribution < 1.29 is 4.74 Å². The van der Waals surface area contributed by atoms with Gasteiger partial charge in [0, 0.05) is 6.20 Å². The van der Waals surface area contributed by atoms with E-state index in [9.17, 15) is 0 Å². The van der Waals surface area contributed by atoms with E-state index < -0.39 is 0 Å². The predicted molar refractivity (Wildman–Crippen MR) is 60.2 cm³/mol. The second-order valence-corrected chi connectivity index (χ2v) is 3.23. The van der Waals surface area contributed by atoms with E-state index in [0.717, 1.165) is 0 Å². The quantitative estimate of drug-likeness (QED) is 0.781. The van der Waals surface area contributed by atoms with Crippen molar-refractivity contribution in [2.45, 2.75) is 0 Å². The van der Waals surface area contributed by atoms with Gasteiger partial charge in [-0.1, -0.05) is 0 Å². The van der Waals surface area contributed by atoms with Crippen molar-refractivity contribution >= 4 is 0 Å². The van der Waals surface area contributed by atoms with Crippen molar-refractivity contribution in [2.75, 3.05) is 0 Å². The molecule has 0 saturated carbocycles. The van der Waals surface area contributed by atoms with E-state index in [1.54, 1.807) is 36.7 Å². The van der Waals surface area contributed by atoms with E-state index in [1.807, 2.05) is 12.1 Å². The number of ether oxygens (including phenoxy) is 1. The van der Waals surface area contributed by atoms with Crippen LogP contribution in [0.3, 0.4) is 0 Å². The molecule has 1 aromatic heterocycles. The third-order valence-corrected chi connectivity index (χ3v) is 2.09. The largest absolute Gasteiger partial charge is 0.454 e. The summed E-state index contributed by atoms with van der Waals surface area (Å²) in [5.41, 5.74) is 0.829. The molecule has 2 rings (SSSR count). The Morgan fingerprint density at radius 1 is 1.12 bits per heavy atom. The first-order chi connectivity index (χ1) is 8.33. The summed E-state index contributed by atoms with van der Waals surface area (Å²) in [6.45, 7) is 0. The number of pyridine rings is 1. The van der Waals surface area contributed by atoms with Crippen LogP contribution in [0.15, 0.2) is 42.7 Å². The Hall–Kier alpha value is -2.85. The number of benzene rings is 1. The van der Waals surface area contributed by atoms with Gasteiger partial charge in [-0.3, -0.25) is 4.98 Å². The van der Waals surface area contributed by atoms with Crippen molar-refractivity contribution in [1.82, 2.24) is 4.98 Å². The first-order valence-corrected chi connectivity index (χ1v) is 4.85. The monoisotopic (exact) mass is 221 g/mol. The summed E-state index contributed by atoms with van der Waals surface area (Å²) in [5.74, 6) is 0.888. The molecule has 0 N–H and O–H groups in total. The van der Waals surface area contributed by atoms with E-state index in [1.165, 1.54) is 6.07 Å². The molecule has 0 radical (unpaired) electrons. The second kappa shape index (κ2) is 4.78. The molecule has 0 atom stereocenters. The molecular weight excluding hydrogens is 214 g/mol. The SMILES string of the molecule is N#Cc1ccc(C#N)c(Oc2cccnc2)c1. The minimum atomic E-state index is 0.361. The van der Waals surface area contributed by atoms with Gasteiger partial charge in [-0.25, -0.2) is 0 Å². The Bertz CT molecular complexity index is 609. The smallest absolute Gasteiger partial charge is 0.146 e. The van der Waals surface area contributed by atoms with Crippen LogP contribution in [0, 0.1) is 22.7 Å². The highest BCUT2D eigenvalue weighted by atomic mass is 16.5. The third kappa shape index (κ3) is 2.39. The van der Waals surface area contributed by atoms with Crippen molar-refractivity contribution in [3.63, 3.8) is 0 Å². The summed E-state index contributed by atoms with van der Waals surface area (Å²) in [6.07, 6.45) is 3.17. The average Bonchev–Trinajstić information content (AvgIpc) is 2.40. The lowest BCUT2D eigenvalue weighted by molar-refractivity contribution is 0.478. The standard InChI is InChI=1S/C13H7N3O/c14-7-10-3-4-11(8-15)13(6-10)17-12-2-1-5-16-9-12/h1-6,9H. The van der Waals surface area contributed by atoms with Gasteiger partial charge in [0.2, 0.25) is 0 Å². The van der Waals surface area contributed by atoms with Crippen LogP contribution in [0.5, 0.6) is 11.5 Å². The lowest BCUT2D eigenvalue weighted by Crippen LogP contribution is -1.89. The molecule has 2 aromatic rings. The maximum Gasteiger partial charge on any atom is 0.146 e. The average molecular weight is 221 g/mol. The summed E-state index contributed by atoms with van der Waals surface area (Å²) >= 11 is 0. The van der Waals surface area contributed by atoms with Gasteiger partial charge in [0.1, 0.15) is 17.6 Å². The normalized spacial score (nSPS) is 9.06. The van der Waals surface area contributed by atoms with Crippen LogP contribution in [0.1, 0.15) is 11.1 Å². The molecule has 0 saturated heterocycles.